The summed E-state index contributed by atoms with van der Waals surface area (Å²) in [6, 6.07) is 0. The van der Waals surface area contributed by atoms with E-state index >= 15 is 0 Å². The average molecular weight is 300 g/mol. The van der Waals surface area contributed by atoms with Gasteiger partial charge in [-0.05, 0) is 62.7 Å². The Bertz CT molecular complexity index is 567. The van der Waals surface area contributed by atoms with Crippen LogP contribution in [0.25, 0.3) is 0 Å². The van der Waals surface area contributed by atoms with Gasteiger partial charge in [-0.15, -0.1) is 0 Å². The van der Waals surface area contributed by atoms with Gasteiger partial charge >= 0.3 is 5.97 Å². The maximum atomic E-state index is 10.6. The van der Waals surface area contributed by atoms with Crippen molar-refractivity contribution in [3.05, 3.63) is 58.2 Å². The molecule has 0 aromatic carbocycles. The molecule has 0 bridgehead atoms. The fourth-order valence-electron chi connectivity index (χ4n) is 3.02. The van der Waals surface area contributed by atoms with Crippen molar-refractivity contribution in [1.29, 1.82) is 0 Å². The molecule has 22 heavy (non-hydrogen) atoms. The van der Waals surface area contributed by atoms with Gasteiger partial charge in [-0.1, -0.05) is 49.3 Å². The molecule has 0 spiro atoms. The van der Waals surface area contributed by atoms with Crippen LogP contribution in [0.3, 0.4) is 0 Å². The first-order valence-corrected chi connectivity index (χ1v) is 7.98. The zero-order valence-electron chi connectivity index (χ0n) is 14.4. The number of allylic oxidation sites excluding steroid dienone is 9. The highest BCUT2D eigenvalue weighted by molar-refractivity contribution is 5.81. The number of hydrogen-bond acceptors (Lipinski definition) is 1. The molecule has 0 aromatic heterocycles. The van der Waals surface area contributed by atoms with Gasteiger partial charge in [0.2, 0.25) is 0 Å². The molecule has 1 aliphatic rings. The monoisotopic (exact) mass is 300 g/mol. The Labute approximate surface area is 134 Å². The Morgan fingerprint density at radius 3 is 2.45 bits per heavy atom. The second kappa shape index (κ2) is 8.57. The first kappa shape index (κ1) is 18.2. The molecule has 0 saturated heterocycles. The molecular formula is C20H28O2. The zero-order chi connectivity index (χ0) is 16.7. The lowest BCUT2D eigenvalue weighted by molar-refractivity contribution is -0.131. The molecule has 1 N–H and O–H groups in total. The first-order chi connectivity index (χ1) is 10.3. The van der Waals surface area contributed by atoms with Crippen LogP contribution in [-0.2, 0) is 4.79 Å². The summed E-state index contributed by atoms with van der Waals surface area (Å²) in [6.45, 7) is 10.7. The van der Waals surface area contributed by atoms with Gasteiger partial charge in [0.1, 0.15) is 0 Å². The maximum absolute atomic E-state index is 10.6. The van der Waals surface area contributed by atoms with E-state index in [2.05, 4.69) is 33.8 Å². The second-order valence-corrected chi connectivity index (χ2v) is 6.37. The molecule has 0 aromatic rings. The number of rotatable bonds is 5. The number of carboxylic acids is 1. The second-order valence-electron chi connectivity index (χ2n) is 6.37. The van der Waals surface area contributed by atoms with Crippen molar-refractivity contribution in [2.24, 2.45) is 5.92 Å². The average Bonchev–Trinajstić information content (AvgIpc) is 2.37. The van der Waals surface area contributed by atoms with Crippen molar-refractivity contribution < 1.29 is 9.90 Å². The van der Waals surface area contributed by atoms with Gasteiger partial charge in [0.25, 0.3) is 0 Å². The van der Waals surface area contributed by atoms with Gasteiger partial charge in [0.15, 0.2) is 0 Å². The predicted octanol–water partition coefficient (Wildman–Crippen LogP) is 5.60. The largest absolute Gasteiger partial charge is 0.478 e. The lowest BCUT2D eigenvalue weighted by Crippen LogP contribution is -2.07. The minimum atomic E-state index is -0.908. The smallest absolute Gasteiger partial charge is 0.328 e. The van der Waals surface area contributed by atoms with E-state index in [4.69, 9.17) is 5.11 Å². The van der Waals surface area contributed by atoms with Crippen molar-refractivity contribution >= 4 is 5.97 Å². The van der Waals surface area contributed by atoms with Crippen molar-refractivity contribution in [1.82, 2.24) is 0 Å². The molecule has 0 atom stereocenters. The van der Waals surface area contributed by atoms with Crippen molar-refractivity contribution in [2.75, 3.05) is 0 Å². The standard InChI is InChI=1S/C20H28O2/c1-14(2)20-17(5)10-7-11-18(20)12-15(3)8-6-9-16(4)13-19(21)22/h6,8-9,12-14H,7,10-11H2,1-5H3,(H,21,22). The zero-order valence-corrected chi connectivity index (χ0v) is 14.4. The summed E-state index contributed by atoms with van der Waals surface area (Å²) < 4.78 is 0. The molecule has 1 aliphatic carbocycles. The maximum Gasteiger partial charge on any atom is 0.328 e. The van der Waals surface area contributed by atoms with Crippen LogP contribution in [0.4, 0.5) is 0 Å². The molecular weight excluding hydrogens is 272 g/mol. The van der Waals surface area contributed by atoms with Gasteiger partial charge in [-0.2, -0.15) is 0 Å². The lowest BCUT2D eigenvalue weighted by Gasteiger charge is -2.24. The summed E-state index contributed by atoms with van der Waals surface area (Å²) in [4.78, 5) is 10.6. The number of carboxylic acid groups (broad SMARTS) is 1. The highest BCUT2D eigenvalue weighted by Gasteiger charge is 2.17. The molecule has 0 saturated carbocycles. The minimum absolute atomic E-state index is 0.565. The Hall–Kier alpha value is -1.83. The van der Waals surface area contributed by atoms with Gasteiger partial charge in [-0.25, -0.2) is 4.79 Å². The number of hydrogen-bond donors (Lipinski definition) is 1. The fourth-order valence-corrected chi connectivity index (χ4v) is 3.02. The summed E-state index contributed by atoms with van der Waals surface area (Å²) in [5, 5.41) is 8.67. The molecule has 120 valence electrons. The Morgan fingerprint density at radius 1 is 1.18 bits per heavy atom. The molecule has 0 amide bonds. The summed E-state index contributed by atoms with van der Waals surface area (Å²) in [6.07, 6.45) is 12.9. The van der Waals surface area contributed by atoms with Gasteiger partial charge in [0.05, 0.1) is 0 Å². The highest BCUT2D eigenvalue weighted by Crippen LogP contribution is 2.34. The van der Waals surface area contributed by atoms with Crippen LogP contribution in [0.15, 0.2) is 58.2 Å². The third-order valence-electron chi connectivity index (χ3n) is 3.85. The van der Waals surface area contributed by atoms with Crippen LogP contribution in [0.2, 0.25) is 0 Å². The lowest BCUT2D eigenvalue weighted by atomic mass is 9.81. The van der Waals surface area contributed by atoms with E-state index in [0.29, 0.717) is 5.92 Å². The minimum Gasteiger partial charge on any atom is -0.478 e. The van der Waals surface area contributed by atoms with E-state index in [-0.39, 0.29) is 0 Å². The van der Waals surface area contributed by atoms with Crippen LogP contribution in [0.5, 0.6) is 0 Å². The van der Waals surface area contributed by atoms with Gasteiger partial charge in [-0.3, -0.25) is 0 Å². The molecule has 0 aliphatic heterocycles. The van der Waals surface area contributed by atoms with Crippen LogP contribution in [0.1, 0.15) is 53.9 Å². The molecule has 2 heteroatoms. The first-order valence-electron chi connectivity index (χ1n) is 7.98. The Balaban J connectivity index is 2.91. The highest BCUT2D eigenvalue weighted by atomic mass is 16.4. The van der Waals surface area contributed by atoms with Crippen LogP contribution in [0, 0.1) is 5.92 Å². The van der Waals surface area contributed by atoms with Crippen molar-refractivity contribution in [2.45, 2.75) is 53.9 Å². The molecule has 0 radical (unpaired) electrons. The van der Waals surface area contributed by atoms with Crippen molar-refractivity contribution in [3.63, 3.8) is 0 Å². The summed E-state index contributed by atoms with van der Waals surface area (Å²) in [5.41, 5.74) is 6.43. The molecule has 1 rings (SSSR count). The van der Waals surface area contributed by atoms with E-state index in [0.717, 1.165) is 12.0 Å². The quantitative estimate of drug-likeness (QED) is 0.530. The number of aliphatic carboxylic acids is 1. The number of carbonyl (C=O) groups is 1. The molecule has 0 heterocycles. The van der Waals surface area contributed by atoms with E-state index in [1.807, 2.05) is 18.2 Å². The molecule has 0 fully saturated rings. The normalized spacial score (nSPS) is 19.6. The molecule has 0 unspecified atom stereocenters. The van der Waals surface area contributed by atoms with Crippen LogP contribution >= 0.6 is 0 Å². The van der Waals surface area contributed by atoms with Crippen LogP contribution < -0.4 is 0 Å². The van der Waals surface area contributed by atoms with Gasteiger partial charge in [0, 0.05) is 6.08 Å². The molecule has 2 nitrogen and oxygen atoms in total. The van der Waals surface area contributed by atoms with Gasteiger partial charge < -0.3 is 5.11 Å². The van der Waals surface area contributed by atoms with Crippen molar-refractivity contribution in [3.8, 4) is 0 Å². The van der Waals surface area contributed by atoms with E-state index < -0.39 is 5.97 Å². The van der Waals surface area contributed by atoms with Crippen LogP contribution in [-0.4, -0.2) is 11.1 Å². The third kappa shape index (κ3) is 5.88. The topological polar surface area (TPSA) is 37.3 Å². The SMILES string of the molecule is CC(=CC=CC(C)=CC(=O)O)C=C1CCCC(C)=C1C(C)C. The Morgan fingerprint density at radius 2 is 1.86 bits per heavy atom. The predicted molar refractivity (Wildman–Crippen MR) is 93.8 cm³/mol. The Kier molecular flexibility index (Phi) is 7.10. The van der Waals surface area contributed by atoms with E-state index in [1.165, 1.54) is 41.2 Å². The summed E-state index contributed by atoms with van der Waals surface area (Å²) in [5.74, 6) is -0.343. The summed E-state index contributed by atoms with van der Waals surface area (Å²) in [7, 11) is 0. The third-order valence-corrected chi connectivity index (χ3v) is 3.85. The summed E-state index contributed by atoms with van der Waals surface area (Å²) >= 11 is 0. The van der Waals surface area contributed by atoms with E-state index in [1.54, 1.807) is 6.92 Å². The van der Waals surface area contributed by atoms with E-state index in [9.17, 15) is 4.79 Å². The fraction of sp³-hybridized carbons (Fsp3) is 0.450.